The number of carbonyl (C=O) groups excluding carboxylic acids is 4. The van der Waals surface area contributed by atoms with Gasteiger partial charge in [0.15, 0.2) is 5.78 Å². The standard InChI is InChI=1S/C21H20N2O7/c1-4-5-10-30-21(27)14-9-7-6-8-13(14)18(24)17(15(11-22)19(25)28-2)16(12-23)20(26)29-3/h6-9,22H,4-5,10H2,1-3H3/b17-16+. The Bertz CT molecular complexity index is 979. The summed E-state index contributed by atoms with van der Waals surface area (Å²) in [6, 6.07) is 7.04. The minimum Gasteiger partial charge on any atom is -0.465 e. The number of hydrogen-bond donors (Lipinski definition) is 1. The first-order valence-corrected chi connectivity index (χ1v) is 8.79. The largest absolute Gasteiger partial charge is 0.465 e. The van der Waals surface area contributed by atoms with Crippen molar-refractivity contribution < 1.29 is 33.4 Å². The third-order valence-corrected chi connectivity index (χ3v) is 3.87. The summed E-state index contributed by atoms with van der Waals surface area (Å²) in [5, 5.41) is 16.8. The number of nitrogens with one attached hydrogen (secondary N) is 1. The summed E-state index contributed by atoms with van der Waals surface area (Å²) in [5.41, 5.74) is -2.73. The second kappa shape index (κ2) is 11.7. The normalized spacial score (nSPS) is 10.6. The zero-order valence-electron chi connectivity index (χ0n) is 16.7. The Morgan fingerprint density at radius 2 is 1.63 bits per heavy atom. The molecule has 0 atom stereocenters. The van der Waals surface area contributed by atoms with Crippen LogP contribution in [-0.4, -0.2) is 50.4 Å². The number of unbranched alkanes of at least 4 members (excludes halogenated alkanes) is 1. The monoisotopic (exact) mass is 412 g/mol. The molecule has 0 aliphatic rings. The van der Waals surface area contributed by atoms with E-state index < -0.39 is 40.4 Å². The van der Waals surface area contributed by atoms with Gasteiger partial charge in [0, 0.05) is 5.56 Å². The lowest BCUT2D eigenvalue weighted by Crippen LogP contribution is -2.22. The van der Waals surface area contributed by atoms with Crippen molar-refractivity contribution >= 4 is 29.6 Å². The number of nitrogens with zero attached hydrogens (tertiary/aromatic N) is 1. The summed E-state index contributed by atoms with van der Waals surface area (Å²) >= 11 is 0. The van der Waals surface area contributed by atoms with Gasteiger partial charge in [-0.05, 0) is 18.4 Å². The first-order chi connectivity index (χ1) is 14.4. The lowest BCUT2D eigenvalue weighted by atomic mass is 9.90. The fourth-order valence-electron chi connectivity index (χ4n) is 2.36. The minimum absolute atomic E-state index is 0.132. The molecule has 1 N–H and O–H groups in total. The second-order valence-electron chi connectivity index (χ2n) is 5.71. The first-order valence-electron chi connectivity index (χ1n) is 8.79. The van der Waals surface area contributed by atoms with Gasteiger partial charge in [-0.25, -0.2) is 14.4 Å². The Balaban J connectivity index is 3.69. The maximum Gasteiger partial charge on any atom is 0.349 e. The number of ether oxygens (including phenoxy) is 3. The number of rotatable bonds is 9. The van der Waals surface area contributed by atoms with Crippen molar-refractivity contribution in [3.05, 3.63) is 52.1 Å². The van der Waals surface area contributed by atoms with Gasteiger partial charge in [-0.2, -0.15) is 5.26 Å². The van der Waals surface area contributed by atoms with Gasteiger partial charge < -0.3 is 14.2 Å². The van der Waals surface area contributed by atoms with Crippen LogP contribution in [0.3, 0.4) is 0 Å². The molecule has 0 heterocycles. The number of ketones is 1. The zero-order chi connectivity index (χ0) is 22.7. The second-order valence-corrected chi connectivity index (χ2v) is 5.71. The van der Waals surface area contributed by atoms with Crippen LogP contribution in [0.5, 0.6) is 0 Å². The van der Waals surface area contributed by atoms with Gasteiger partial charge in [-0.15, -0.1) is 0 Å². The molecule has 1 aromatic rings. The highest BCUT2D eigenvalue weighted by Gasteiger charge is 2.32. The van der Waals surface area contributed by atoms with Crippen LogP contribution in [0.1, 0.15) is 40.5 Å². The van der Waals surface area contributed by atoms with E-state index in [0.717, 1.165) is 20.6 Å². The molecule has 1 rings (SSSR count). The highest BCUT2D eigenvalue weighted by atomic mass is 16.5. The van der Waals surface area contributed by atoms with Gasteiger partial charge in [0.05, 0.1) is 32.0 Å². The van der Waals surface area contributed by atoms with E-state index in [1.54, 1.807) is 5.87 Å². The molecule has 156 valence electrons. The molecule has 0 aromatic heterocycles. The molecule has 1 aromatic carbocycles. The number of esters is 3. The summed E-state index contributed by atoms with van der Waals surface area (Å²) in [5.74, 6) is -2.49. The lowest BCUT2D eigenvalue weighted by molar-refractivity contribution is -0.135. The molecule has 0 bridgehead atoms. The molecule has 0 aliphatic carbocycles. The molecule has 0 fully saturated rings. The van der Waals surface area contributed by atoms with Gasteiger partial charge in [-0.1, -0.05) is 31.5 Å². The van der Waals surface area contributed by atoms with Crippen LogP contribution in [-0.2, 0) is 23.8 Å². The molecular weight excluding hydrogens is 392 g/mol. The van der Waals surface area contributed by atoms with Crippen molar-refractivity contribution in [2.75, 3.05) is 20.8 Å². The van der Waals surface area contributed by atoms with Crippen molar-refractivity contribution in [2.45, 2.75) is 19.8 Å². The van der Waals surface area contributed by atoms with Gasteiger partial charge in [0.25, 0.3) is 0 Å². The smallest absolute Gasteiger partial charge is 0.349 e. The summed E-state index contributed by atoms with van der Waals surface area (Å²) in [6.45, 7) is 2.05. The SMILES string of the molecule is CCCCOC(=O)c1ccccc1C(=O)/C(C(=C=N)C(=O)OC)=C(\C#N)C(=O)OC. The van der Waals surface area contributed by atoms with Crippen molar-refractivity contribution in [3.8, 4) is 6.07 Å². The molecule has 9 nitrogen and oxygen atoms in total. The number of methoxy groups -OCH3 is 2. The van der Waals surface area contributed by atoms with Gasteiger partial charge in [0.2, 0.25) is 0 Å². The molecular formula is C21H20N2O7. The van der Waals surface area contributed by atoms with E-state index in [4.69, 9.17) is 10.1 Å². The molecule has 0 aliphatic heterocycles. The number of carbonyl (C=O) groups is 4. The summed E-state index contributed by atoms with van der Waals surface area (Å²) in [4.78, 5) is 49.8. The molecule has 0 saturated heterocycles. The van der Waals surface area contributed by atoms with Crippen molar-refractivity contribution in [3.63, 3.8) is 0 Å². The van der Waals surface area contributed by atoms with Crippen molar-refractivity contribution in [2.24, 2.45) is 0 Å². The van der Waals surface area contributed by atoms with Crippen LogP contribution < -0.4 is 0 Å². The fraction of sp³-hybridized carbons (Fsp3) is 0.286. The quantitative estimate of drug-likeness (QED) is 0.0950. The topological polar surface area (TPSA) is 144 Å². The number of hydrogen-bond acceptors (Lipinski definition) is 9. The van der Waals surface area contributed by atoms with E-state index in [1.165, 1.54) is 30.3 Å². The maximum absolute atomic E-state index is 13.3. The average Bonchev–Trinajstić information content (AvgIpc) is 2.77. The van der Waals surface area contributed by atoms with Crippen LogP contribution in [0, 0.1) is 16.7 Å². The average molecular weight is 412 g/mol. The van der Waals surface area contributed by atoms with Crippen LogP contribution >= 0.6 is 0 Å². The summed E-state index contributed by atoms with van der Waals surface area (Å²) in [6.07, 6.45) is 1.41. The molecule has 0 saturated carbocycles. The summed E-state index contributed by atoms with van der Waals surface area (Å²) < 4.78 is 14.2. The van der Waals surface area contributed by atoms with Crippen molar-refractivity contribution in [1.82, 2.24) is 0 Å². The van der Waals surface area contributed by atoms with Gasteiger partial charge >= 0.3 is 17.9 Å². The van der Waals surface area contributed by atoms with Crippen molar-refractivity contribution in [1.29, 1.82) is 10.7 Å². The highest BCUT2D eigenvalue weighted by Crippen LogP contribution is 2.23. The van der Waals surface area contributed by atoms with E-state index >= 15 is 0 Å². The van der Waals surface area contributed by atoms with E-state index in [0.29, 0.717) is 6.42 Å². The predicted molar refractivity (Wildman–Crippen MR) is 104 cm³/mol. The first kappa shape index (κ1) is 24.0. The Hall–Kier alpha value is -4.02. The van der Waals surface area contributed by atoms with E-state index in [-0.39, 0.29) is 17.7 Å². The molecule has 9 heteroatoms. The van der Waals surface area contributed by atoms with Crippen LogP contribution in [0.2, 0.25) is 0 Å². The number of Topliss-reactive ketones (excluding diaryl/α,β-unsaturated/α-hetero) is 1. The number of benzene rings is 1. The third-order valence-electron chi connectivity index (χ3n) is 3.87. The van der Waals surface area contributed by atoms with E-state index in [1.807, 2.05) is 6.92 Å². The van der Waals surface area contributed by atoms with E-state index in [9.17, 15) is 24.4 Å². The summed E-state index contributed by atoms with van der Waals surface area (Å²) in [7, 11) is 1.97. The molecule has 0 amide bonds. The fourth-order valence-corrected chi connectivity index (χ4v) is 2.36. The highest BCUT2D eigenvalue weighted by molar-refractivity contribution is 6.25. The predicted octanol–water partition coefficient (Wildman–Crippen LogP) is 2.17. The molecule has 0 radical (unpaired) electrons. The Kier molecular flexibility index (Phi) is 9.40. The third kappa shape index (κ3) is 5.50. The maximum atomic E-state index is 13.3. The number of nitriles is 1. The van der Waals surface area contributed by atoms with Crippen LogP contribution in [0.15, 0.2) is 41.0 Å². The van der Waals surface area contributed by atoms with Gasteiger partial charge in [-0.3, -0.25) is 10.2 Å². The Labute approximate surface area is 173 Å². The Morgan fingerprint density at radius 1 is 1.03 bits per heavy atom. The molecule has 30 heavy (non-hydrogen) atoms. The Morgan fingerprint density at radius 3 is 2.13 bits per heavy atom. The minimum atomic E-state index is -1.21. The molecule has 0 spiro atoms. The lowest BCUT2D eigenvalue weighted by Gasteiger charge is -2.12. The zero-order valence-corrected chi connectivity index (χ0v) is 16.7. The van der Waals surface area contributed by atoms with E-state index in [2.05, 4.69) is 9.47 Å². The van der Waals surface area contributed by atoms with Crippen LogP contribution in [0.4, 0.5) is 0 Å². The van der Waals surface area contributed by atoms with Crippen LogP contribution in [0.25, 0.3) is 0 Å². The van der Waals surface area contributed by atoms with Gasteiger partial charge in [0.1, 0.15) is 17.2 Å². The molecule has 0 unspecified atom stereocenters.